The summed E-state index contributed by atoms with van der Waals surface area (Å²) in [5.41, 5.74) is 0.928. The van der Waals surface area contributed by atoms with Crippen molar-refractivity contribution in [2.75, 3.05) is 7.11 Å². The number of nitrogens with one attached hydrogen (secondary N) is 1. The van der Waals surface area contributed by atoms with Crippen LogP contribution >= 0.6 is 0 Å². The standard InChI is InChI=1S/C12H16FNO2/c1-8(14-9(2)12(15)16-3)10-4-6-11(13)7-5-10/h4-9,14H,1-3H3/t8-,9?/m1/s1. The monoisotopic (exact) mass is 225 g/mol. The van der Waals surface area contributed by atoms with Gasteiger partial charge in [0.15, 0.2) is 0 Å². The van der Waals surface area contributed by atoms with Gasteiger partial charge >= 0.3 is 5.97 Å². The summed E-state index contributed by atoms with van der Waals surface area (Å²) in [6.07, 6.45) is 0. The van der Waals surface area contributed by atoms with Crippen molar-refractivity contribution in [3.63, 3.8) is 0 Å². The molecule has 16 heavy (non-hydrogen) atoms. The van der Waals surface area contributed by atoms with Crippen molar-refractivity contribution in [3.05, 3.63) is 35.6 Å². The summed E-state index contributed by atoms with van der Waals surface area (Å²) in [5, 5.41) is 3.07. The van der Waals surface area contributed by atoms with Gasteiger partial charge in [0.05, 0.1) is 7.11 Å². The largest absolute Gasteiger partial charge is 0.468 e. The SMILES string of the molecule is COC(=O)C(C)N[C@H](C)c1ccc(F)cc1. The van der Waals surface area contributed by atoms with Crippen LogP contribution in [0.2, 0.25) is 0 Å². The smallest absolute Gasteiger partial charge is 0.322 e. The minimum Gasteiger partial charge on any atom is -0.468 e. The molecule has 0 aliphatic rings. The Kier molecular flexibility index (Phi) is 4.43. The van der Waals surface area contributed by atoms with Gasteiger partial charge in [0.25, 0.3) is 0 Å². The van der Waals surface area contributed by atoms with Crippen molar-refractivity contribution in [2.24, 2.45) is 0 Å². The van der Waals surface area contributed by atoms with Crippen LogP contribution in [0.5, 0.6) is 0 Å². The quantitative estimate of drug-likeness (QED) is 0.797. The maximum absolute atomic E-state index is 12.7. The Bertz CT molecular complexity index is 351. The fourth-order valence-corrected chi connectivity index (χ4v) is 1.47. The van der Waals surface area contributed by atoms with E-state index < -0.39 is 0 Å². The number of carbonyl (C=O) groups is 1. The molecule has 2 atom stereocenters. The highest BCUT2D eigenvalue weighted by molar-refractivity contribution is 5.75. The molecule has 0 amide bonds. The van der Waals surface area contributed by atoms with Crippen LogP contribution in [0.4, 0.5) is 4.39 Å². The summed E-state index contributed by atoms with van der Waals surface area (Å²) >= 11 is 0. The average molecular weight is 225 g/mol. The Morgan fingerprint density at radius 2 is 1.88 bits per heavy atom. The van der Waals surface area contributed by atoms with Crippen LogP contribution in [0.25, 0.3) is 0 Å². The van der Waals surface area contributed by atoms with Gasteiger partial charge in [-0.15, -0.1) is 0 Å². The first-order chi connectivity index (χ1) is 7.54. The summed E-state index contributed by atoms with van der Waals surface area (Å²) in [5.74, 6) is -0.578. The Labute approximate surface area is 94.6 Å². The van der Waals surface area contributed by atoms with Gasteiger partial charge in [0.2, 0.25) is 0 Å². The second kappa shape index (κ2) is 5.61. The molecule has 0 fully saturated rings. The van der Waals surface area contributed by atoms with Crippen LogP contribution in [-0.4, -0.2) is 19.1 Å². The molecule has 4 heteroatoms. The number of esters is 1. The van der Waals surface area contributed by atoms with Crippen molar-refractivity contribution in [2.45, 2.75) is 25.9 Å². The second-order valence-electron chi connectivity index (χ2n) is 3.68. The topological polar surface area (TPSA) is 38.3 Å². The van der Waals surface area contributed by atoms with Crippen LogP contribution in [0, 0.1) is 5.82 Å². The van der Waals surface area contributed by atoms with E-state index in [1.165, 1.54) is 19.2 Å². The number of benzene rings is 1. The molecule has 0 heterocycles. The zero-order valence-electron chi connectivity index (χ0n) is 9.66. The minimum absolute atomic E-state index is 0.0327. The van der Waals surface area contributed by atoms with Gasteiger partial charge in [-0.2, -0.15) is 0 Å². The van der Waals surface area contributed by atoms with Crippen molar-refractivity contribution >= 4 is 5.97 Å². The summed E-state index contributed by atoms with van der Waals surface area (Å²) in [6.45, 7) is 3.64. The Morgan fingerprint density at radius 3 is 2.38 bits per heavy atom. The molecule has 1 aromatic rings. The van der Waals surface area contributed by atoms with E-state index in [0.29, 0.717) is 0 Å². The van der Waals surface area contributed by atoms with E-state index in [4.69, 9.17) is 0 Å². The van der Waals surface area contributed by atoms with Gasteiger partial charge in [-0.1, -0.05) is 12.1 Å². The molecule has 0 spiro atoms. The minimum atomic E-state index is -0.384. The molecule has 1 aromatic carbocycles. The van der Waals surface area contributed by atoms with E-state index in [-0.39, 0.29) is 23.9 Å². The first-order valence-electron chi connectivity index (χ1n) is 5.14. The molecule has 88 valence electrons. The van der Waals surface area contributed by atoms with Crippen LogP contribution in [0.1, 0.15) is 25.5 Å². The molecule has 0 aromatic heterocycles. The van der Waals surface area contributed by atoms with Gasteiger partial charge < -0.3 is 4.74 Å². The third-order valence-electron chi connectivity index (χ3n) is 2.42. The average Bonchev–Trinajstić information content (AvgIpc) is 2.28. The zero-order chi connectivity index (χ0) is 12.1. The number of halogens is 1. The van der Waals surface area contributed by atoms with Crippen LogP contribution < -0.4 is 5.32 Å². The zero-order valence-corrected chi connectivity index (χ0v) is 9.66. The van der Waals surface area contributed by atoms with Crippen molar-refractivity contribution in [1.82, 2.24) is 5.32 Å². The number of carbonyl (C=O) groups excluding carboxylic acids is 1. The lowest BCUT2D eigenvalue weighted by atomic mass is 10.1. The molecule has 1 N–H and O–H groups in total. The number of methoxy groups -OCH3 is 1. The maximum Gasteiger partial charge on any atom is 0.322 e. The lowest BCUT2D eigenvalue weighted by molar-refractivity contribution is -0.142. The highest BCUT2D eigenvalue weighted by atomic mass is 19.1. The van der Waals surface area contributed by atoms with Gasteiger partial charge in [-0.05, 0) is 31.5 Å². The fourth-order valence-electron chi connectivity index (χ4n) is 1.47. The molecule has 0 radical (unpaired) electrons. The van der Waals surface area contributed by atoms with Crippen molar-refractivity contribution in [1.29, 1.82) is 0 Å². The number of rotatable bonds is 4. The molecular formula is C12H16FNO2. The molecule has 1 unspecified atom stereocenters. The summed E-state index contributed by atoms with van der Waals surface area (Å²) in [4.78, 5) is 11.2. The van der Waals surface area contributed by atoms with Gasteiger partial charge in [0, 0.05) is 6.04 Å². The van der Waals surface area contributed by atoms with E-state index in [2.05, 4.69) is 10.1 Å². The summed E-state index contributed by atoms with van der Waals surface area (Å²) in [6, 6.07) is 5.76. The molecule has 0 aliphatic carbocycles. The van der Waals surface area contributed by atoms with Crippen LogP contribution in [0.15, 0.2) is 24.3 Å². The predicted molar refractivity (Wildman–Crippen MR) is 59.4 cm³/mol. The Balaban J connectivity index is 2.61. The first-order valence-corrected chi connectivity index (χ1v) is 5.14. The molecule has 0 saturated heterocycles. The van der Waals surface area contributed by atoms with E-state index in [0.717, 1.165) is 5.56 Å². The maximum atomic E-state index is 12.7. The predicted octanol–water partition coefficient (Wildman–Crippen LogP) is 2.04. The molecule has 0 saturated carbocycles. The third-order valence-corrected chi connectivity index (χ3v) is 2.42. The third kappa shape index (κ3) is 3.31. The van der Waals surface area contributed by atoms with Gasteiger partial charge in [-0.3, -0.25) is 10.1 Å². The lowest BCUT2D eigenvalue weighted by Gasteiger charge is -2.18. The highest BCUT2D eigenvalue weighted by Gasteiger charge is 2.16. The molecule has 0 bridgehead atoms. The molecule has 1 rings (SSSR count). The van der Waals surface area contributed by atoms with E-state index in [1.807, 2.05) is 6.92 Å². The number of hydrogen-bond donors (Lipinski definition) is 1. The van der Waals surface area contributed by atoms with Gasteiger partial charge in [-0.25, -0.2) is 4.39 Å². The van der Waals surface area contributed by atoms with Crippen LogP contribution in [0.3, 0.4) is 0 Å². The summed E-state index contributed by atoms with van der Waals surface area (Å²) in [7, 11) is 1.35. The lowest BCUT2D eigenvalue weighted by Crippen LogP contribution is -2.36. The second-order valence-corrected chi connectivity index (χ2v) is 3.68. The van der Waals surface area contributed by atoms with Crippen molar-refractivity contribution in [3.8, 4) is 0 Å². The molecule has 3 nitrogen and oxygen atoms in total. The van der Waals surface area contributed by atoms with E-state index in [9.17, 15) is 9.18 Å². The first kappa shape index (κ1) is 12.6. The number of ether oxygens (including phenoxy) is 1. The van der Waals surface area contributed by atoms with E-state index in [1.54, 1.807) is 19.1 Å². The summed E-state index contributed by atoms with van der Waals surface area (Å²) < 4.78 is 17.3. The fraction of sp³-hybridized carbons (Fsp3) is 0.417. The van der Waals surface area contributed by atoms with E-state index >= 15 is 0 Å². The van der Waals surface area contributed by atoms with Gasteiger partial charge in [0.1, 0.15) is 11.9 Å². The Hall–Kier alpha value is -1.42. The van der Waals surface area contributed by atoms with Crippen LogP contribution in [-0.2, 0) is 9.53 Å². The Morgan fingerprint density at radius 1 is 1.31 bits per heavy atom. The molecule has 0 aliphatic heterocycles. The van der Waals surface area contributed by atoms with Crippen molar-refractivity contribution < 1.29 is 13.9 Å². The number of hydrogen-bond acceptors (Lipinski definition) is 3. The molecular weight excluding hydrogens is 209 g/mol. The highest BCUT2D eigenvalue weighted by Crippen LogP contribution is 2.13. The normalized spacial score (nSPS) is 14.2.